The molecule has 0 aromatic heterocycles. The largest absolute Gasteiger partial charge is 0.478 e. The van der Waals surface area contributed by atoms with Crippen molar-refractivity contribution in [1.82, 2.24) is 0 Å². The molecule has 3 unspecified atom stereocenters. The van der Waals surface area contributed by atoms with Crippen LogP contribution in [0, 0.1) is 0 Å². The number of rotatable bonds is 6. The van der Waals surface area contributed by atoms with Gasteiger partial charge in [-0.1, -0.05) is 0 Å². The summed E-state index contributed by atoms with van der Waals surface area (Å²) in [5, 5.41) is 0. The quantitative estimate of drug-likeness (QED) is 0.397. The van der Waals surface area contributed by atoms with Gasteiger partial charge in [0, 0.05) is 0 Å². The van der Waals surface area contributed by atoms with E-state index in [4.69, 9.17) is 13.6 Å². The lowest BCUT2D eigenvalue weighted by Gasteiger charge is -2.22. The van der Waals surface area contributed by atoms with Crippen LogP contribution < -0.4 is 0 Å². The number of phosphoric ester groups is 1. The van der Waals surface area contributed by atoms with Crippen LogP contribution in [0.15, 0.2) is 0 Å². The first-order valence-corrected chi connectivity index (χ1v) is 6.95. The Morgan fingerprint density at radius 2 is 1.07 bits per heavy atom. The number of phosphoric acid groups is 1. The van der Waals surface area contributed by atoms with E-state index in [0.29, 0.717) is 0 Å². The van der Waals surface area contributed by atoms with Gasteiger partial charge in [0.15, 0.2) is 0 Å². The third kappa shape index (κ3) is 7.45. The van der Waals surface area contributed by atoms with E-state index in [2.05, 4.69) is 37.9 Å². The number of hydrogen-bond donors (Lipinski definition) is 3. The summed E-state index contributed by atoms with van der Waals surface area (Å²) < 4.78 is 26.6. The lowest BCUT2D eigenvalue weighted by Crippen LogP contribution is -2.10. The molecule has 3 atom stereocenters. The van der Waals surface area contributed by atoms with Crippen LogP contribution in [0.25, 0.3) is 0 Å². The lowest BCUT2D eigenvalue weighted by atomic mass is 10.9. The van der Waals surface area contributed by atoms with Gasteiger partial charge < -0.3 is 0 Å². The minimum atomic E-state index is -3.62. The van der Waals surface area contributed by atoms with Crippen molar-refractivity contribution < 1.29 is 18.1 Å². The molecule has 8 heteroatoms. The molecule has 0 spiro atoms. The van der Waals surface area contributed by atoms with Crippen LogP contribution in [0.1, 0.15) is 20.8 Å². The highest BCUT2D eigenvalue weighted by Crippen LogP contribution is 2.53. The van der Waals surface area contributed by atoms with Crippen molar-refractivity contribution in [3.63, 3.8) is 0 Å². The number of thiol groups is 3. The van der Waals surface area contributed by atoms with Crippen LogP contribution in [0.3, 0.4) is 0 Å². The standard InChI is InChI=1S/C6H15O4PS3/c1-4(12)8-11(7,9-5(2)13)10-6(3)14/h4-6,12-14H,1-3H3. The highest BCUT2D eigenvalue weighted by Gasteiger charge is 2.31. The van der Waals surface area contributed by atoms with Crippen molar-refractivity contribution in [2.24, 2.45) is 0 Å². The van der Waals surface area contributed by atoms with E-state index in [-0.39, 0.29) is 0 Å². The van der Waals surface area contributed by atoms with Gasteiger partial charge in [0.1, 0.15) is 16.3 Å². The zero-order chi connectivity index (χ0) is 11.4. The number of hydrogen-bond acceptors (Lipinski definition) is 7. The Bertz CT molecular complexity index is 176. The average molecular weight is 278 g/mol. The van der Waals surface area contributed by atoms with Crippen LogP contribution in [0.5, 0.6) is 0 Å². The third-order valence-electron chi connectivity index (χ3n) is 0.845. The summed E-state index contributed by atoms with van der Waals surface area (Å²) in [6, 6.07) is 0. The first kappa shape index (κ1) is 15.2. The molecule has 0 amide bonds. The Morgan fingerprint density at radius 1 is 0.857 bits per heavy atom. The monoisotopic (exact) mass is 278 g/mol. The zero-order valence-electron chi connectivity index (χ0n) is 8.15. The molecule has 4 nitrogen and oxygen atoms in total. The van der Waals surface area contributed by atoms with Crippen molar-refractivity contribution >= 4 is 45.7 Å². The average Bonchev–Trinajstić information content (AvgIpc) is 1.76. The van der Waals surface area contributed by atoms with Crippen molar-refractivity contribution in [3.8, 4) is 0 Å². The Morgan fingerprint density at radius 3 is 1.21 bits per heavy atom. The molecule has 0 N–H and O–H groups in total. The fourth-order valence-electron chi connectivity index (χ4n) is 0.635. The first-order chi connectivity index (χ1) is 6.25. The summed E-state index contributed by atoms with van der Waals surface area (Å²) in [5.74, 6) is 0. The molecule has 86 valence electrons. The topological polar surface area (TPSA) is 44.8 Å². The molecule has 14 heavy (non-hydrogen) atoms. The SMILES string of the molecule is CC(S)OP(=O)(OC(C)S)OC(C)S. The molecule has 0 heterocycles. The molecular weight excluding hydrogens is 263 g/mol. The normalized spacial score (nSPS) is 22.4. The smallest absolute Gasteiger partial charge is 0.273 e. The lowest BCUT2D eigenvalue weighted by molar-refractivity contribution is 0.103. The van der Waals surface area contributed by atoms with Gasteiger partial charge in [0.25, 0.3) is 0 Å². The molecule has 0 aromatic rings. The van der Waals surface area contributed by atoms with Gasteiger partial charge in [0.05, 0.1) is 0 Å². The van der Waals surface area contributed by atoms with Crippen LogP contribution in [0.2, 0.25) is 0 Å². The van der Waals surface area contributed by atoms with Crippen LogP contribution in [-0.2, 0) is 18.1 Å². The molecule has 0 fully saturated rings. The molecule has 0 aliphatic carbocycles. The second kappa shape index (κ2) is 6.68. The molecule has 0 aliphatic rings. The Hall–Kier alpha value is 1.16. The molecular formula is C6H15O4PS3. The van der Waals surface area contributed by atoms with Gasteiger partial charge in [-0.05, 0) is 20.8 Å². The Kier molecular flexibility index (Phi) is 7.23. The third-order valence-corrected chi connectivity index (χ3v) is 3.38. The molecule has 0 saturated carbocycles. The minimum absolute atomic E-state index is 0.556. The van der Waals surface area contributed by atoms with Crippen molar-refractivity contribution in [1.29, 1.82) is 0 Å². The summed E-state index contributed by atoms with van der Waals surface area (Å²) in [4.78, 5) is 0. The minimum Gasteiger partial charge on any atom is -0.273 e. The van der Waals surface area contributed by atoms with E-state index in [0.717, 1.165) is 0 Å². The summed E-state index contributed by atoms with van der Waals surface area (Å²) >= 11 is 11.8. The van der Waals surface area contributed by atoms with Crippen LogP contribution in [-0.4, -0.2) is 16.3 Å². The summed E-state index contributed by atoms with van der Waals surface area (Å²) in [6.45, 7) is 4.82. The van der Waals surface area contributed by atoms with E-state index in [1.807, 2.05) is 0 Å². The fraction of sp³-hybridized carbons (Fsp3) is 1.00. The Balaban J connectivity index is 4.41. The first-order valence-electron chi connectivity index (χ1n) is 3.94. The van der Waals surface area contributed by atoms with E-state index < -0.39 is 24.1 Å². The second-order valence-corrected chi connectivity index (χ2v) is 6.27. The highest BCUT2D eigenvalue weighted by atomic mass is 32.1. The zero-order valence-corrected chi connectivity index (χ0v) is 11.7. The van der Waals surface area contributed by atoms with Crippen molar-refractivity contribution in [2.75, 3.05) is 0 Å². The summed E-state index contributed by atoms with van der Waals surface area (Å²) in [7, 11) is -3.62. The maximum atomic E-state index is 11.8. The van der Waals surface area contributed by atoms with Gasteiger partial charge >= 0.3 is 7.82 Å². The molecule has 0 rings (SSSR count). The Labute approximate surface area is 101 Å². The highest BCUT2D eigenvalue weighted by molar-refractivity contribution is 7.81. The summed E-state index contributed by atoms with van der Waals surface area (Å²) in [6.07, 6.45) is 0. The van der Waals surface area contributed by atoms with Gasteiger partial charge in [-0.2, -0.15) is 0 Å². The predicted molar refractivity (Wildman–Crippen MR) is 66.2 cm³/mol. The molecule has 0 aromatic carbocycles. The molecule has 0 aliphatic heterocycles. The van der Waals surface area contributed by atoms with Crippen LogP contribution in [0.4, 0.5) is 0 Å². The van der Waals surface area contributed by atoms with Crippen LogP contribution >= 0.6 is 45.7 Å². The maximum absolute atomic E-state index is 11.8. The van der Waals surface area contributed by atoms with Gasteiger partial charge in [-0.25, -0.2) is 4.57 Å². The van der Waals surface area contributed by atoms with E-state index >= 15 is 0 Å². The van der Waals surface area contributed by atoms with E-state index in [9.17, 15) is 4.57 Å². The molecule has 0 bridgehead atoms. The molecule has 0 saturated heterocycles. The van der Waals surface area contributed by atoms with E-state index in [1.54, 1.807) is 20.8 Å². The fourth-order valence-corrected chi connectivity index (χ4v) is 2.94. The van der Waals surface area contributed by atoms with Crippen molar-refractivity contribution in [2.45, 2.75) is 37.1 Å². The van der Waals surface area contributed by atoms with Gasteiger partial charge in [-0.15, -0.1) is 37.9 Å². The van der Waals surface area contributed by atoms with Gasteiger partial charge in [-0.3, -0.25) is 13.6 Å². The summed E-state index contributed by atoms with van der Waals surface area (Å²) in [5.41, 5.74) is -1.67. The van der Waals surface area contributed by atoms with Gasteiger partial charge in [0.2, 0.25) is 0 Å². The second-order valence-electron chi connectivity index (χ2n) is 2.56. The van der Waals surface area contributed by atoms with E-state index in [1.165, 1.54) is 0 Å². The predicted octanol–water partition coefficient (Wildman–Crippen LogP) is 2.97. The maximum Gasteiger partial charge on any atom is 0.478 e. The van der Waals surface area contributed by atoms with Crippen molar-refractivity contribution in [3.05, 3.63) is 0 Å². The molecule has 0 radical (unpaired) electrons.